The third kappa shape index (κ3) is 2.18. The summed E-state index contributed by atoms with van der Waals surface area (Å²) in [6.45, 7) is -0.239. The van der Waals surface area contributed by atoms with E-state index in [1.54, 1.807) is 12.1 Å². The molecule has 0 aromatic carbocycles. The van der Waals surface area contributed by atoms with E-state index in [0.717, 1.165) is 0 Å². The summed E-state index contributed by atoms with van der Waals surface area (Å²) in [5.74, 6) is 0. The molecular weight excluding hydrogens is 198 g/mol. The van der Waals surface area contributed by atoms with Gasteiger partial charge in [-0.05, 0) is 12.1 Å². The molecule has 0 amide bonds. The molecule has 0 radical (unpaired) electrons. The van der Waals surface area contributed by atoms with Crippen molar-refractivity contribution in [3.63, 3.8) is 0 Å². The van der Waals surface area contributed by atoms with Crippen molar-refractivity contribution in [3.8, 4) is 0 Å². The van der Waals surface area contributed by atoms with Gasteiger partial charge in [-0.25, -0.2) is 0 Å². The molecule has 0 saturated carbocycles. The molecule has 2 atom stereocenters. The second-order valence-corrected chi connectivity index (χ2v) is 4.18. The Morgan fingerprint density at radius 2 is 2.25 bits per heavy atom. The highest BCUT2D eigenvalue weighted by Crippen LogP contribution is 2.27. The number of aliphatic hydroxyl groups is 2. The second kappa shape index (κ2) is 4.20. The SMILES string of the molecule is NC(CO)C(O)c1ccc(Cl)s1. The van der Waals surface area contributed by atoms with Crippen LogP contribution in [0.4, 0.5) is 0 Å². The van der Waals surface area contributed by atoms with Crippen LogP contribution >= 0.6 is 22.9 Å². The summed E-state index contributed by atoms with van der Waals surface area (Å²) in [5, 5.41) is 18.1. The average molecular weight is 208 g/mol. The lowest BCUT2D eigenvalue weighted by Gasteiger charge is -2.14. The van der Waals surface area contributed by atoms with Gasteiger partial charge in [-0.15, -0.1) is 11.3 Å². The molecule has 2 unspecified atom stereocenters. The highest BCUT2D eigenvalue weighted by atomic mass is 35.5. The first-order valence-corrected chi connectivity index (χ1v) is 4.64. The molecule has 1 heterocycles. The Morgan fingerprint density at radius 3 is 2.67 bits per heavy atom. The predicted molar refractivity (Wildman–Crippen MR) is 49.4 cm³/mol. The molecule has 1 aromatic heterocycles. The topological polar surface area (TPSA) is 66.5 Å². The van der Waals surface area contributed by atoms with Gasteiger partial charge in [0.15, 0.2) is 0 Å². The highest BCUT2D eigenvalue weighted by Gasteiger charge is 2.17. The highest BCUT2D eigenvalue weighted by molar-refractivity contribution is 7.16. The van der Waals surface area contributed by atoms with Gasteiger partial charge in [-0.1, -0.05) is 11.6 Å². The maximum absolute atomic E-state index is 9.47. The van der Waals surface area contributed by atoms with E-state index in [9.17, 15) is 5.11 Å². The normalized spacial score (nSPS) is 16.0. The molecule has 1 rings (SSSR count). The molecule has 0 aliphatic rings. The first kappa shape index (κ1) is 9.95. The number of hydrogen-bond donors (Lipinski definition) is 3. The Labute approximate surface area is 79.4 Å². The standard InChI is InChI=1S/C7H10ClNO2S/c8-6-2-1-5(12-6)7(11)4(9)3-10/h1-2,4,7,10-11H,3,9H2. The minimum Gasteiger partial charge on any atom is -0.395 e. The lowest BCUT2D eigenvalue weighted by atomic mass is 10.1. The number of thiophene rings is 1. The van der Waals surface area contributed by atoms with E-state index in [-0.39, 0.29) is 6.61 Å². The van der Waals surface area contributed by atoms with Gasteiger partial charge in [0.1, 0.15) is 6.10 Å². The van der Waals surface area contributed by atoms with Gasteiger partial charge in [0, 0.05) is 4.88 Å². The van der Waals surface area contributed by atoms with Crippen molar-refractivity contribution in [1.29, 1.82) is 0 Å². The molecule has 0 aliphatic heterocycles. The molecule has 12 heavy (non-hydrogen) atoms. The number of halogens is 1. The number of hydrogen-bond acceptors (Lipinski definition) is 4. The van der Waals surface area contributed by atoms with Crippen LogP contribution in [0.15, 0.2) is 12.1 Å². The predicted octanol–water partition coefficient (Wildman–Crippen LogP) is 0.755. The summed E-state index contributed by atoms with van der Waals surface area (Å²) >= 11 is 6.92. The van der Waals surface area contributed by atoms with Gasteiger partial charge in [0.05, 0.1) is 17.0 Å². The first-order chi connectivity index (χ1) is 5.65. The smallest absolute Gasteiger partial charge is 0.105 e. The molecule has 1 aromatic rings. The van der Waals surface area contributed by atoms with Crippen LogP contribution in [0.1, 0.15) is 11.0 Å². The summed E-state index contributed by atoms with van der Waals surface area (Å²) < 4.78 is 0.606. The Bertz CT molecular complexity index is 253. The molecular formula is C7H10ClNO2S. The van der Waals surface area contributed by atoms with E-state index >= 15 is 0 Å². The fourth-order valence-electron chi connectivity index (χ4n) is 0.798. The number of rotatable bonds is 3. The molecule has 3 nitrogen and oxygen atoms in total. The third-order valence-corrected chi connectivity index (χ3v) is 2.80. The Hall–Kier alpha value is -0.130. The first-order valence-electron chi connectivity index (χ1n) is 3.45. The Morgan fingerprint density at radius 1 is 1.58 bits per heavy atom. The van der Waals surface area contributed by atoms with E-state index in [2.05, 4.69) is 0 Å². The van der Waals surface area contributed by atoms with Gasteiger partial charge in [-0.3, -0.25) is 0 Å². The van der Waals surface area contributed by atoms with E-state index in [0.29, 0.717) is 9.21 Å². The maximum atomic E-state index is 9.47. The van der Waals surface area contributed by atoms with Crippen molar-refractivity contribution in [1.82, 2.24) is 0 Å². The van der Waals surface area contributed by atoms with Crippen LogP contribution in [-0.4, -0.2) is 22.9 Å². The molecule has 5 heteroatoms. The van der Waals surface area contributed by atoms with Gasteiger partial charge in [0.25, 0.3) is 0 Å². The summed E-state index contributed by atoms with van der Waals surface area (Å²) in [6, 6.07) is 2.75. The van der Waals surface area contributed by atoms with E-state index in [1.165, 1.54) is 11.3 Å². The summed E-state index contributed by atoms with van der Waals surface area (Å²) in [4.78, 5) is 0.682. The summed E-state index contributed by atoms with van der Waals surface area (Å²) in [5.41, 5.74) is 5.42. The van der Waals surface area contributed by atoms with Crippen molar-refractivity contribution in [2.24, 2.45) is 5.73 Å². The van der Waals surface area contributed by atoms with Crippen molar-refractivity contribution < 1.29 is 10.2 Å². The lowest BCUT2D eigenvalue weighted by Crippen LogP contribution is -2.31. The molecule has 0 saturated heterocycles. The molecule has 0 bridgehead atoms. The van der Waals surface area contributed by atoms with Crippen LogP contribution in [0.3, 0.4) is 0 Å². The van der Waals surface area contributed by atoms with Gasteiger partial charge in [0.2, 0.25) is 0 Å². The zero-order valence-electron chi connectivity index (χ0n) is 6.27. The molecule has 4 N–H and O–H groups in total. The quantitative estimate of drug-likeness (QED) is 0.686. The van der Waals surface area contributed by atoms with Gasteiger partial charge < -0.3 is 15.9 Å². The minimum atomic E-state index is -0.826. The maximum Gasteiger partial charge on any atom is 0.105 e. The van der Waals surface area contributed by atoms with Crippen molar-refractivity contribution in [2.75, 3.05) is 6.61 Å². The molecule has 0 spiro atoms. The van der Waals surface area contributed by atoms with Crippen molar-refractivity contribution >= 4 is 22.9 Å². The van der Waals surface area contributed by atoms with Crippen LogP contribution in [-0.2, 0) is 0 Å². The zero-order chi connectivity index (χ0) is 9.14. The molecule has 0 aliphatic carbocycles. The number of nitrogens with two attached hydrogens (primary N) is 1. The minimum absolute atomic E-state index is 0.239. The van der Waals surface area contributed by atoms with E-state index < -0.39 is 12.1 Å². The lowest BCUT2D eigenvalue weighted by molar-refractivity contribution is 0.112. The Kier molecular flexibility index (Phi) is 3.49. The summed E-state index contributed by atoms with van der Waals surface area (Å²) in [6.07, 6.45) is -0.826. The molecule has 68 valence electrons. The van der Waals surface area contributed by atoms with Crippen molar-refractivity contribution in [2.45, 2.75) is 12.1 Å². The fraction of sp³-hybridized carbons (Fsp3) is 0.429. The summed E-state index contributed by atoms with van der Waals surface area (Å²) in [7, 11) is 0. The van der Waals surface area contributed by atoms with Crippen LogP contribution in [0.2, 0.25) is 4.34 Å². The number of aliphatic hydroxyl groups excluding tert-OH is 2. The fourth-order valence-corrected chi connectivity index (χ4v) is 1.92. The third-order valence-electron chi connectivity index (χ3n) is 1.50. The van der Waals surface area contributed by atoms with Crippen LogP contribution in [0.5, 0.6) is 0 Å². The van der Waals surface area contributed by atoms with Crippen LogP contribution < -0.4 is 5.73 Å². The Balaban J connectivity index is 2.70. The second-order valence-electron chi connectivity index (χ2n) is 2.43. The van der Waals surface area contributed by atoms with Crippen LogP contribution in [0, 0.1) is 0 Å². The van der Waals surface area contributed by atoms with E-state index in [4.69, 9.17) is 22.4 Å². The zero-order valence-corrected chi connectivity index (χ0v) is 7.85. The van der Waals surface area contributed by atoms with Crippen LogP contribution in [0.25, 0.3) is 0 Å². The monoisotopic (exact) mass is 207 g/mol. The van der Waals surface area contributed by atoms with Crippen molar-refractivity contribution in [3.05, 3.63) is 21.3 Å². The largest absolute Gasteiger partial charge is 0.395 e. The van der Waals surface area contributed by atoms with Gasteiger partial charge in [-0.2, -0.15) is 0 Å². The van der Waals surface area contributed by atoms with E-state index in [1.807, 2.05) is 0 Å². The van der Waals surface area contributed by atoms with Gasteiger partial charge >= 0.3 is 0 Å². The molecule has 0 fully saturated rings. The average Bonchev–Trinajstić information content (AvgIpc) is 2.49.